The first-order valence-corrected chi connectivity index (χ1v) is 9.01. The summed E-state index contributed by atoms with van der Waals surface area (Å²) in [6.07, 6.45) is 4.74. The third kappa shape index (κ3) is 3.23. The molecule has 26 heavy (non-hydrogen) atoms. The van der Waals surface area contributed by atoms with Gasteiger partial charge in [-0.1, -0.05) is 12.1 Å². The highest BCUT2D eigenvalue weighted by molar-refractivity contribution is 5.94. The largest absolute Gasteiger partial charge is 0.336 e. The summed E-state index contributed by atoms with van der Waals surface area (Å²) >= 11 is 0. The summed E-state index contributed by atoms with van der Waals surface area (Å²) < 4.78 is 15.9. The number of carbonyl (C=O) groups is 1. The number of nitrogens with one attached hydrogen (secondary N) is 1. The van der Waals surface area contributed by atoms with Crippen molar-refractivity contribution in [2.24, 2.45) is 0 Å². The van der Waals surface area contributed by atoms with Gasteiger partial charge in [0.15, 0.2) is 5.69 Å². The van der Waals surface area contributed by atoms with Crippen LogP contribution in [0.3, 0.4) is 0 Å². The number of likely N-dealkylation sites (N-methyl/N-ethyl adjacent to an activating group) is 1. The van der Waals surface area contributed by atoms with Crippen LogP contribution in [0.25, 0.3) is 5.69 Å². The fourth-order valence-corrected chi connectivity index (χ4v) is 3.98. The number of para-hydroxylation sites is 1. The lowest BCUT2D eigenvalue weighted by atomic mass is 10.0. The molecule has 7 heteroatoms. The number of nitrogens with zero attached hydrogens (tertiary/aromatic N) is 3. The Bertz CT molecular complexity index is 807. The lowest BCUT2D eigenvalue weighted by molar-refractivity contribution is 0.0690. The van der Waals surface area contributed by atoms with Crippen molar-refractivity contribution in [1.82, 2.24) is 20.0 Å². The van der Waals surface area contributed by atoms with Crippen molar-refractivity contribution >= 4 is 18.3 Å². The number of halogens is 2. The van der Waals surface area contributed by atoms with Crippen LogP contribution >= 0.6 is 12.4 Å². The average molecular weight is 379 g/mol. The molecule has 1 amide bonds. The first-order chi connectivity index (χ1) is 12.2. The van der Waals surface area contributed by atoms with Crippen LogP contribution < -0.4 is 5.32 Å². The van der Waals surface area contributed by atoms with Crippen molar-refractivity contribution < 1.29 is 9.18 Å². The third-order valence-electron chi connectivity index (χ3n) is 5.33. The van der Waals surface area contributed by atoms with E-state index in [9.17, 15) is 9.18 Å². The summed E-state index contributed by atoms with van der Waals surface area (Å²) in [5.74, 6) is -0.333. The first kappa shape index (κ1) is 18.9. The first-order valence-electron chi connectivity index (χ1n) is 9.01. The van der Waals surface area contributed by atoms with Crippen LogP contribution in [-0.4, -0.2) is 46.8 Å². The van der Waals surface area contributed by atoms with Crippen LogP contribution in [-0.2, 0) is 12.8 Å². The number of hydrogen-bond acceptors (Lipinski definition) is 3. The zero-order valence-electron chi connectivity index (χ0n) is 14.9. The minimum atomic E-state index is -0.313. The van der Waals surface area contributed by atoms with Gasteiger partial charge in [0.2, 0.25) is 0 Å². The average Bonchev–Trinajstić information content (AvgIpc) is 3.24. The predicted molar refractivity (Wildman–Crippen MR) is 101 cm³/mol. The Kier molecular flexibility index (Phi) is 5.63. The van der Waals surface area contributed by atoms with E-state index < -0.39 is 0 Å². The van der Waals surface area contributed by atoms with E-state index >= 15 is 0 Å². The predicted octanol–water partition coefficient (Wildman–Crippen LogP) is 2.75. The van der Waals surface area contributed by atoms with Crippen molar-refractivity contribution in [3.8, 4) is 5.69 Å². The molecule has 0 spiro atoms. The Hall–Kier alpha value is -1.92. The number of benzene rings is 1. The number of hydrogen-bond donors (Lipinski definition) is 1. The summed E-state index contributed by atoms with van der Waals surface area (Å²) in [6.45, 7) is 1.47. The molecule has 0 bridgehead atoms. The molecule has 5 nitrogen and oxygen atoms in total. The van der Waals surface area contributed by atoms with Gasteiger partial charge in [-0.2, -0.15) is 5.10 Å². The highest BCUT2D eigenvalue weighted by atomic mass is 35.5. The maximum atomic E-state index is 14.2. The van der Waals surface area contributed by atoms with E-state index in [0.717, 1.165) is 49.9 Å². The second kappa shape index (κ2) is 7.76. The van der Waals surface area contributed by atoms with Crippen LogP contribution in [0, 0.1) is 5.82 Å². The fourth-order valence-electron chi connectivity index (χ4n) is 3.98. The number of likely N-dealkylation sites (tertiary alicyclic amines) is 1. The highest BCUT2D eigenvalue weighted by Crippen LogP contribution is 2.29. The molecule has 1 aromatic carbocycles. The molecular formula is C19H24ClFN4O. The second-order valence-corrected chi connectivity index (χ2v) is 6.87. The number of aromatic nitrogens is 2. The number of piperidine rings is 1. The van der Waals surface area contributed by atoms with E-state index in [4.69, 9.17) is 0 Å². The van der Waals surface area contributed by atoms with Crippen LogP contribution in [0.5, 0.6) is 0 Å². The van der Waals surface area contributed by atoms with Gasteiger partial charge in [-0.3, -0.25) is 4.79 Å². The Morgan fingerprint density at radius 3 is 2.85 bits per heavy atom. The number of amides is 1. The van der Waals surface area contributed by atoms with Crippen LogP contribution in [0.15, 0.2) is 24.3 Å². The molecule has 1 aliphatic carbocycles. The number of carbonyl (C=O) groups excluding carboxylic acids is 1. The van der Waals surface area contributed by atoms with Gasteiger partial charge < -0.3 is 10.2 Å². The zero-order valence-corrected chi connectivity index (χ0v) is 15.7. The van der Waals surface area contributed by atoms with Gasteiger partial charge in [-0.05, 0) is 51.3 Å². The minimum absolute atomic E-state index is 0. The third-order valence-corrected chi connectivity index (χ3v) is 5.33. The lowest BCUT2D eigenvalue weighted by Gasteiger charge is -2.32. The van der Waals surface area contributed by atoms with Crippen molar-refractivity contribution in [1.29, 1.82) is 0 Å². The SMILES string of the molecule is CNC1CCCN(C(=O)c2nn(-c3ccccc3F)c3c2CCC3)C1.Cl. The van der Waals surface area contributed by atoms with E-state index in [1.807, 2.05) is 11.9 Å². The van der Waals surface area contributed by atoms with Gasteiger partial charge in [0.1, 0.15) is 11.5 Å². The van der Waals surface area contributed by atoms with Crippen LogP contribution in [0.4, 0.5) is 4.39 Å². The normalized spacial score (nSPS) is 19.2. The zero-order chi connectivity index (χ0) is 17.4. The lowest BCUT2D eigenvalue weighted by Crippen LogP contribution is -2.47. The Morgan fingerprint density at radius 1 is 1.27 bits per heavy atom. The molecule has 2 heterocycles. The number of rotatable bonds is 3. The highest BCUT2D eigenvalue weighted by Gasteiger charge is 2.32. The van der Waals surface area contributed by atoms with E-state index in [1.54, 1.807) is 22.9 Å². The van der Waals surface area contributed by atoms with Gasteiger partial charge >= 0.3 is 0 Å². The maximum Gasteiger partial charge on any atom is 0.274 e. The molecule has 1 aliphatic heterocycles. The molecule has 2 aliphatic rings. The van der Waals surface area contributed by atoms with E-state index in [0.29, 0.717) is 24.0 Å². The van der Waals surface area contributed by atoms with Crippen molar-refractivity contribution in [3.63, 3.8) is 0 Å². The smallest absolute Gasteiger partial charge is 0.274 e. The Labute approximate surface area is 159 Å². The van der Waals surface area contributed by atoms with Gasteiger partial charge in [-0.15, -0.1) is 12.4 Å². The molecular weight excluding hydrogens is 355 g/mol. The molecule has 140 valence electrons. The van der Waals surface area contributed by atoms with Crippen molar-refractivity contribution in [2.75, 3.05) is 20.1 Å². The Morgan fingerprint density at radius 2 is 2.08 bits per heavy atom. The summed E-state index contributed by atoms with van der Waals surface area (Å²) in [7, 11) is 1.93. The maximum absolute atomic E-state index is 14.2. The molecule has 1 N–H and O–H groups in total. The van der Waals surface area contributed by atoms with Crippen molar-refractivity contribution in [2.45, 2.75) is 38.1 Å². The standard InChI is InChI=1S/C19H23FN4O.ClH/c1-21-13-6-5-11-23(12-13)19(25)18-14-7-4-10-16(14)24(22-18)17-9-3-2-8-15(17)20;/h2-3,8-9,13,21H,4-7,10-12H2,1H3;1H. The molecule has 4 rings (SSSR count). The number of fused-ring (bicyclic) bond motifs is 1. The van der Waals surface area contributed by atoms with Gasteiger partial charge in [0, 0.05) is 30.4 Å². The van der Waals surface area contributed by atoms with Gasteiger partial charge in [0.25, 0.3) is 5.91 Å². The van der Waals surface area contributed by atoms with Gasteiger partial charge in [0.05, 0.1) is 0 Å². The Balaban J connectivity index is 0.00000196. The van der Waals surface area contributed by atoms with Crippen LogP contribution in [0.1, 0.15) is 41.0 Å². The minimum Gasteiger partial charge on any atom is -0.336 e. The second-order valence-electron chi connectivity index (χ2n) is 6.87. The summed E-state index contributed by atoms with van der Waals surface area (Å²) in [6, 6.07) is 6.94. The molecule has 1 atom stereocenters. The molecule has 1 unspecified atom stereocenters. The molecule has 1 saturated heterocycles. The quantitative estimate of drug-likeness (QED) is 0.893. The van der Waals surface area contributed by atoms with Crippen LogP contribution in [0.2, 0.25) is 0 Å². The molecule has 0 radical (unpaired) electrons. The molecule has 1 fully saturated rings. The fraction of sp³-hybridized carbons (Fsp3) is 0.474. The van der Waals surface area contributed by atoms with E-state index in [-0.39, 0.29) is 24.1 Å². The van der Waals surface area contributed by atoms with Gasteiger partial charge in [-0.25, -0.2) is 9.07 Å². The topological polar surface area (TPSA) is 50.2 Å². The van der Waals surface area contributed by atoms with E-state index in [1.165, 1.54) is 6.07 Å². The van der Waals surface area contributed by atoms with Crippen molar-refractivity contribution in [3.05, 3.63) is 47.0 Å². The monoisotopic (exact) mass is 378 g/mol. The summed E-state index contributed by atoms with van der Waals surface area (Å²) in [5.41, 5.74) is 2.91. The molecule has 1 aromatic heterocycles. The molecule has 2 aromatic rings. The van der Waals surface area contributed by atoms with E-state index in [2.05, 4.69) is 10.4 Å². The molecule has 0 saturated carbocycles. The summed E-state index contributed by atoms with van der Waals surface area (Å²) in [4.78, 5) is 15.0. The summed E-state index contributed by atoms with van der Waals surface area (Å²) in [5, 5.41) is 7.82.